The van der Waals surface area contributed by atoms with Gasteiger partial charge >= 0.3 is 0 Å². The van der Waals surface area contributed by atoms with Gasteiger partial charge in [0.05, 0.1) is 5.56 Å². The van der Waals surface area contributed by atoms with Crippen LogP contribution in [0, 0.1) is 5.92 Å². The highest BCUT2D eigenvalue weighted by molar-refractivity contribution is 5.94. The zero-order chi connectivity index (χ0) is 18.1. The molecule has 6 heteroatoms. The number of carbonyl (C=O) groups excluding carboxylic acids is 2. The van der Waals surface area contributed by atoms with Crippen molar-refractivity contribution in [3.63, 3.8) is 0 Å². The molecule has 2 atom stereocenters. The van der Waals surface area contributed by atoms with Crippen molar-refractivity contribution in [2.45, 2.75) is 12.3 Å². The van der Waals surface area contributed by atoms with Crippen molar-refractivity contribution in [1.82, 2.24) is 14.8 Å². The summed E-state index contributed by atoms with van der Waals surface area (Å²) in [6.45, 7) is 2.16. The number of rotatable bonds is 3. The van der Waals surface area contributed by atoms with Crippen molar-refractivity contribution in [1.29, 1.82) is 0 Å². The average Bonchev–Trinajstić information content (AvgIpc) is 3.49. The van der Waals surface area contributed by atoms with Crippen molar-refractivity contribution in [3.8, 4) is 0 Å². The van der Waals surface area contributed by atoms with Crippen LogP contribution in [0.25, 0.3) is 0 Å². The SMILES string of the molecule is O=C(c1ccc(=O)[nH]c1)N1CCN(C(=O)C2CC2c2ccccc2)CC1. The molecule has 2 aliphatic rings. The van der Waals surface area contributed by atoms with Crippen molar-refractivity contribution >= 4 is 11.8 Å². The summed E-state index contributed by atoms with van der Waals surface area (Å²) in [4.78, 5) is 42.4. The van der Waals surface area contributed by atoms with E-state index in [2.05, 4.69) is 17.1 Å². The summed E-state index contributed by atoms with van der Waals surface area (Å²) in [5.41, 5.74) is 1.47. The fraction of sp³-hybridized carbons (Fsp3) is 0.350. The predicted octanol–water partition coefficient (Wildman–Crippen LogP) is 1.46. The van der Waals surface area contributed by atoms with Gasteiger partial charge in [0.2, 0.25) is 11.5 Å². The molecule has 26 heavy (non-hydrogen) atoms. The maximum atomic E-state index is 12.7. The first-order valence-electron chi connectivity index (χ1n) is 8.95. The first kappa shape index (κ1) is 16.6. The van der Waals surface area contributed by atoms with E-state index < -0.39 is 0 Å². The van der Waals surface area contributed by atoms with E-state index in [9.17, 15) is 14.4 Å². The largest absolute Gasteiger partial charge is 0.339 e. The van der Waals surface area contributed by atoms with Crippen molar-refractivity contribution in [3.05, 3.63) is 70.1 Å². The van der Waals surface area contributed by atoms with E-state index in [4.69, 9.17) is 0 Å². The van der Waals surface area contributed by atoms with Gasteiger partial charge < -0.3 is 14.8 Å². The van der Waals surface area contributed by atoms with Crippen LogP contribution in [0.15, 0.2) is 53.5 Å². The average molecular weight is 351 g/mol. The number of nitrogens with zero attached hydrogens (tertiary/aromatic N) is 2. The number of nitrogens with one attached hydrogen (secondary N) is 1. The summed E-state index contributed by atoms with van der Waals surface area (Å²) in [7, 11) is 0. The Morgan fingerprint density at radius 3 is 2.27 bits per heavy atom. The molecule has 2 amide bonds. The van der Waals surface area contributed by atoms with Crippen molar-refractivity contribution < 1.29 is 9.59 Å². The molecular weight excluding hydrogens is 330 g/mol. The number of carbonyl (C=O) groups is 2. The molecular formula is C20H21N3O3. The summed E-state index contributed by atoms with van der Waals surface area (Å²) < 4.78 is 0. The highest BCUT2D eigenvalue weighted by atomic mass is 16.2. The van der Waals surface area contributed by atoms with Crippen LogP contribution < -0.4 is 5.56 Å². The molecule has 1 saturated carbocycles. The second-order valence-electron chi connectivity index (χ2n) is 6.92. The van der Waals surface area contributed by atoms with Crippen molar-refractivity contribution in [2.75, 3.05) is 26.2 Å². The fourth-order valence-corrected chi connectivity index (χ4v) is 3.63. The minimum Gasteiger partial charge on any atom is -0.339 e. The molecule has 1 aliphatic heterocycles. The topological polar surface area (TPSA) is 73.5 Å². The molecule has 2 unspecified atom stereocenters. The third kappa shape index (κ3) is 3.27. The van der Waals surface area contributed by atoms with E-state index in [1.807, 2.05) is 23.1 Å². The lowest BCUT2D eigenvalue weighted by atomic mass is 10.1. The van der Waals surface area contributed by atoms with E-state index in [1.54, 1.807) is 4.90 Å². The van der Waals surface area contributed by atoms with Crippen molar-refractivity contribution in [2.24, 2.45) is 5.92 Å². The molecule has 0 bridgehead atoms. The monoisotopic (exact) mass is 351 g/mol. The Balaban J connectivity index is 1.32. The first-order chi connectivity index (χ1) is 12.6. The number of piperazine rings is 1. The molecule has 1 aromatic carbocycles. The van der Waals surface area contributed by atoms with Gasteiger partial charge in [0.15, 0.2) is 0 Å². The lowest BCUT2D eigenvalue weighted by Gasteiger charge is -2.35. The molecule has 1 N–H and O–H groups in total. The zero-order valence-corrected chi connectivity index (χ0v) is 14.4. The summed E-state index contributed by atoms with van der Waals surface area (Å²) >= 11 is 0. The number of benzene rings is 1. The van der Waals surface area contributed by atoms with Crippen LogP contribution in [-0.2, 0) is 4.79 Å². The predicted molar refractivity (Wildman–Crippen MR) is 96.8 cm³/mol. The number of H-pyrrole nitrogens is 1. The molecule has 1 saturated heterocycles. The molecule has 0 spiro atoms. The normalized spacial score (nSPS) is 22.2. The maximum absolute atomic E-state index is 12.7. The summed E-state index contributed by atoms with van der Waals surface area (Å²) in [5.74, 6) is 0.514. The van der Waals surface area contributed by atoms with E-state index in [-0.39, 0.29) is 23.3 Å². The van der Waals surface area contributed by atoms with Gasteiger partial charge in [-0.2, -0.15) is 0 Å². The number of pyridine rings is 1. The Morgan fingerprint density at radius 1 is 0.923 bits per heavy atom. The second-order valence-corrected chi connectivity index (χ2v) is 6.92. The van der Waals surface area contributed by atoms with E-state index >= 15 is 0 Å². The van der Waals surface area contributed by atoms with Gasteiger partial charge in [-0.25, -0.2) is 0 Å². The number of amides is 2. The van der Waals surface area contributed by atoms with Gasteiger partial charge in [-0.15, -0.1) is 0 Å². The quantitative estimate of drug-likeness (QED) is 0.910. The molecule has 4 rings (SSSR count). The molecule has 2 heterocycles. The molecule has 134 valence electrons. The zero-order valence-electron chi connectivity index (χ0n) is 14.4. The summed E-state index contributed by atoms with van der Waals surface area (Å²) in [6.07, 6.45) is 2.36. The lowest BCUT2D eigenvalue weighted by molar-refractivity contribution is -0.134. The summed E-state index contributed by atoms with van der Waals surface area (Å²) in [6, 6.07) is 13.1. The molecule has 2 aromatic rings. The van der Waals surface area contributed by atoms with Gasteiger partial charge in [0.1, 0.15) is 0 Å². The molecule has 1 aromatic heterocycles. The van der Waals surface area contributed by atoms with Crippen LogP contribution in [0.1, 0.15) is 28.3 Å². The van der Waals surface area contributed by atoms with E-state index in [1.165, 1.54) is 23.9 Å². The molecule has 1 aliphatic carbocycles. The third-order valence-corrected chi connectivity index (χ3v) is 5.25. The Labute approximate surface area is 151 Å². The van der Waals surface area contributed by atoms with E-state index in [0.29, 0.717) is 37.7 Å². The minimum absolute atomic E-state index is 0.0823. The van der Waals surface area contributed by atoms with Gasteiger partial charge in [-0.1, -0.05) is 30.3 Å². The number of aromatic amines is 1. The van der Waals surface area contributed by atoms with Crippen LogP contribution in [-0.4, -0.2) is 52.8 Å². The number of aromatic nitrogens is 1. The standard InChI is InChI=1S/C20H21N3O3/c24-18-7-6-15(13-21-18)19(25)22-8-10-23(11-9-22)20(26)17-12-16(17)14-4-2-1-3-5-14/h1-7,13,16-17H,8-12H2,(H,21,24). The van der Waals surface area contributed by atoms with Gasteiger partial charge in [0.25, 0.3) is 5.91 Å². The van der Waals surface area contributed by atoms with Crippen LogP contribution in [0.3, 0.4) is 0 Å². The smallest absolute Gasteiger partial charge is 0.255 e. The minimum atomic E-state index is -0.227. The lowest BCUT2D eigenvalue weighted by Crippen LogP contribution is -2.51. The second kappa shape index (κ2) is 6.78. The Morgan fingerprint density at radius 2 is 1.62 bits per heavy atom. The maximum Gasteiger partial charge on any atom is 0.255 e. The van der Waals surface area contributed by atoms with Gasteiger partial charge in [-0.05, 0) is 24.0 Å². The number of hydrogen-bond acceptors (Lipinski definition) is 3. The fourth-order valence-electron chi connectivity index (χ4n) is 3.63. The van der Waals surface area contributed by atoms with Gasteiger partial charge in [0, 0.05) is 44.4 Å². The highest BCUT2D eigenvalue weighted by Gasteiger charge is 2.46. The Bertz CT molecular complexity index is 849. The first-order valence-corrected chi connectivity index (χ1v) is 8.95. The Hall–Kier alpha value is -2.89. The molecule has 0 radical (unpaired) electrons. The summed E-state index contributed by atoms with van der Waals surface area (Å²) in [5, 5.41) is 0. The third-order valence-electron chi connectivity index (χ3n) is 5.25. The van der Waals surface area contributed by atoms with Crippen LogP contribution >= 0.6 is 0 Å². The van der Waals surface area contributed by atoms with Gasteiger partial charge in [-0.3, -0.25) is 14.4 Å². The highest BCUT2D eigenvalue weighted by Crippen LogP contribution is 2.48. The van der Waals surface area contributed by atoms with Crippen LogP contribution in [0.2, 0.25) is 0 Å². The van der Waals surface area contributed by atoms with Crippen LogP contribution in [0.4, 0.5) is 0 Å². The molecule has 6 nitrogen and oxygen atoms in total. The van der Waals surface area contributed by atoms with Crippen LogP contribution in [0.5, 0.6) is 0 Å². The Kier molecular flexibility index (Phi) is 4.32. The number of hydrogen-bond donors (Lipinski definition) is 1. The molecule has 2 fully saturated rings. The van der Waals surface area contributed by atoms with E-state index in [0.717, 1.165) is 6.42 Å².